The highest BCUT2D eigenvalue weighted by Gasteiger charge is 2.15. The van der Waals surface area contributed by atoms with E-state index >= 15 is 0 Å². The van der Waals surface area contributed by atoms with Crippen molar-refractivity contribution >= 4 is 45.1 Å². The molecule has 0 spiro atoms. The lowest BCUT2D eigenvalue weighted by Gasteiger charge is -2.00. The second-order valence-electron chi connectivity index (χ2n) is 6.48. The Hall–Kier alpha value is -3.94. The van der Waals surface area contributed by atoms with Crippen LogP contribution in [-0.2, 0) is 0 Å². The van der Waals surface area contributed by atoms with Gasteiger partial charge in [-0.1, -0.05) is 6.07 Å². The molecule has 0 radical (unpaired) electrons. The van der Waals surface area contributed by atoms with Crippen molar-refractivity contribution in [2.45, 2.75) is 13.8 Å². The summed E-state index contributed by atoms with van der Waals surface area (Å²) in [5.41, 5.74) is 22.1. The first-order chi connectivity index (χ1) is 13.2. The van der Waals surface area contributed by atoms with Crippen LogP contribution in [0.25, 0.3) is 21.8 Å². The maximum atomic E-state index is 11.2. The summed E-state index contributed by atoms with van der Waals surface area (Å²) in [6, 6.07) is 8.61. The number of aryl methyl sites for hydroxylation is 2. The van der Waals surface area contributed by atoms with Gasteiger partial charge in [0.1, 0.15) is 5.69 Å². The molecule has 8 nitrogen and oxygen atoms in total. The van der Waals surface area contributed by atoms with E-state index in [0.29, 0.717) is 22.6 Å². The summed E-state index contributed by atoms with van der Waals surface area (Å²) in [4.78, 5) is 27.8. The number of nitrogens with two attached hydrogens (primary N) is 3. The molecule has 28 heavy (non-hydrogen) atoms. The summed E-state index contributed by atoms with van der Waals surface area (Å²) < 4.78 is 0. The van der Waals surface area contributed by atoms with Crippen LogP contribution in [0, 0.1) is 13.8 Å². The van der Waals surface area contributed by atoms with Crippen molar-refractivity contribution in [3.8, 4) is 0 Å². The number of hydrogen-bond acceptors (Lipinski definition) is 4. The zero-order valence-electron chi connectivity index (χ0n) is 15.5. The summed E-state index contributed by atoms with van der Waals surface area (Å²) in [5.74, 6) is -1.41. The van der Waals surface area contributed by atoms with Gasteiger partial charge in [-0.3, -0.25) is 4.79 Å². The van der Waals surface area contributed by atoms with E-state index in [2.05, 4.69) is 9.97 Å². The topological polar surface area (TPSA) is 164 Å². The normalized spacial score (nSPS) is 10.6. The lowest BCUT2D eigenvalue weighted by Crippen LogP contribution is -2.12. The van der Waals surface area contributed by atoms with Gasteiger partial charge in [0, 0.05) is 28.3 Å². The van der Waals surface area contributed by atoms with Gasteiger partial charge in [0.2, 0.25) is 0 Å². The molecule has 0 atom stereocenters. The Morgan fingerprint density at radius 1 is 0.964 bits per heavy atom. The number of anilines is 2. The number of hydrogen-bond donors (Lipinski definition) is 6. The van der Waals surface area contributed by atoms with Gasteiger partial charge in [0.05, 0.1) is 16.6 Å². The molecule has 0 saturated heterocycles. The van der Waals surface area contributed by atoms with Crippen molar-refractivity contribution in [3.63, 3.8) is 0 Å². The largest absolute Gasteiger partial charge is 0.478 e. The molecule has 0 aliphatic carbocycles. The van der Waals surface area contributed by atoms with E-state index < -0.39 is 11.9 Å². The molecule has 0 unspecified atom stereocenters. The average Bonchev–Trinajstić information content (AvgIpc) is 3.25. The first kappa shape index (κ1) is 18.8. The number of aromatic carboxylic acids is 1. The number of nitrogens with one attached hydrogen (secondary N) is 2. The third-order valence-electron chi connectivity index (χ3n) is 4.68. The number of aromatic nitrogens is 2. The van der Waals surface area contributed by atoms with Gasteiger partial charge in [0.25, 0.3) is 5.91 Å². The fourth-order valence-electron chi connectivity index (χ4n) is 3.24. The standard InChI is InChI=1S/C11H13N3O.C9H8N2O2/c1-5-3-4-7(12)8-6(2)10(11(13)15)14-9(5)8;10-7-2-1-6(9(12)13)8-5(7)3-4-11-8/h3-4,14H,12H2,1-2H3,(H2,13,15);1-4,11H,10H2,(H,12,13). The van der Waals surface area contributed by atoms with E-state index in [1.165, 1.54) is 6.07 Å². The van der Waals surface area contributed by atoms with Crippen LogP contribution in [-0.4, -0.2) is 27.0 Å². The quantitative estimate of drug-likeness (QED) is 0.294. The monoisotopic (exact) mass is 379 g/mol. The number of carbonyl (C=O) groups is 2. The third-order valence-corrected chi connectivity index (χ3v) is 4.68. The zero-order chi connectivity index (χ0) is 20.6. The van der Waals surface area contributed by atoms with Crippen LogP contribution in [0.4, 0.5) is 11.4 Å². The first-order valence-corrected chi connectivity index (χ1v) is 8.48. The first-order valence-electron chi connectivity index (χ1n) is 8.48. The Kier molecular flexibility index (Phi) is 4.70. The Balaban J connectivity index is 0.000000162. The minimum absolute atomic E-state index is 0.245. The molecule has 0 saturated carbocycles. The minimum Gasteiger partial charge on any atom is -0.478 e. The van der Waals surface area contributed by atoms with Crippen molar-refractivity contribution in [1.82, 2.24) is 9.97 Å². The molecule has 0 fully saturated rings. The highest BCUT2D eigenvalue weighted by molar-refractivity contribution is 6.06. The molecular formula is C20H21N5O3. The van der Waals surface area contributed by atoms with Gasteiger partial charge in [-0.25, -0.2) is 4.79 Å². The molecule has 8 heteroatoms. The highest BCUT2D eigenvalue weighted by Crippen LogP contribution is 2.29. The van der Waals surface area contributed by atoms with Crippen molar-refractivity contribution in [1.29, 1.82) is 0 Å². The summed E-state index contributed by atoms with van der Waals surface area (Å²) in [6.45, 7) is 3.80. The number of nitrogen functional groups attached to an aromatic ring is 2. The number of amides is 1. The molecule has 144 valence electrons. The van der Waals surface area contributed by atoms with Gasteiger partial charge in [0.15, 0.2) is 0 Å². The van der Waals surface area contributed by atoms with Crippen LogP contribution in [0.5, 0.6) is 0 Å². The Morgan fingerprint density at radius 2 is 1.64 bits per heavy atom. The van der Waals surface area contributed by atoms with Crippen molar-refractivity contribution < 1.29 is 14.7 Å². The molecule has 4 rings (SSSR count). The lowest BCUT2D eigenvalue weighted by molar-refractivity contribution is 0.0698. The summed E-state index contributed by atoms with van der Waals surface area (Å²) in [5, 5.41) is 10.5. The van der Waals surface area contributed by atoms with E-state index in [0.717, 1.165) is 27.4 Å². The average molecular weight is 379 g/mol. The Labute approximate surface area is 160 Å². The number of aromatic amines is 2. The molecule has 9 N–H and O–H groups in total. The number of rotatable bonds is 2. The Bertz CT molecular complexity index is 1220. The molecule has 4 aromatic rings. The second kappa shape index (κ2) is 6.99. The number of benzene rings is 2. The minimum atomic E-state index is -0.951. The predicted molar refractivity (Wildman–Crippen MR) is 110 cm³/mol. The lowest BCUT2D eigenvalue weighted by atomic mass is 10.1. The van der Waals surface area contributed by atoms with Gasteiger partial charge in [-0.05, 0) is 49.2 Å². The summed E-state index contributed by atoms with van der Waals surface area (Å²) in [7, 11) is 0. The molecule has 0 aliphatic heterocycles. The Morgan fingerprint density at radius 3 is 2.25 bits per heavy atom. The molecule has 0 bridgehead atoms. The van der Waals surface area contributed by atoms with E-state index in [1.54, 1.807) is 18.3 Å². The number of H-pyrrole nitrogens is 2. The number of fused-ring (bicyclic) bond motifs is 2. The van der Waals surface area contributed by atoms with Crippen LogP contribution in [0.2, 0.25) is 0 Å². The number of carboxylic acid groups (broad SMARTS) is 1. The van der Waals surface area contributed by atoms with Crippen LogP contribution in [0.3, 0.4) is 0 Å². The molecule has 2 heterocycles. The zero-order valence-corrected chi connectivity index (χ0v) is 15.5. The maximum absolute atomic E-state index is 11.2. The molecule has 2 aromatic carbocycles. The van der Waals surface area contributed by atoms with Gasteiger partial charge >= 0.3 is 5.97 Å². The van der Waals surface area contributed by atoms with Gasteiger partial charge < -0.3 is 32.3 Å². The molecule has 0 aliphatic rings. The van der Waals surface area contributed by atoms with Crippen molar-refractivity contribution in [2.75, 3.05) is 11.5 Å². The van der Waals surface area contributed by atoms with Gasteiger partial charge in [-0.15, -0.1) is 0 Å². The predicted octanol–water partition coefficient (Wildman–Crippen LogP) is 2.91. The second-order valence-corrected chi connectivity index (χ2v) is 6.48. The summed E-state index contributed by atoms with van der Waals surface area (Å²) in [6.07, 6.45) is 1.67. The fourth-order valence-corrected chi connectivity index (χ4v) is 3.24. The van der Waals surface area contributed by atoms with Crippen molar-refractivity contribution in [3.05, 3.63) is 58.9 Å². The maximum Gasteiger partial charge on any atom is 0.337 e. The molecule has 2 aromatic heterocycles. The van der Waals surface area contributed by atoms with Crippen LogP contribution >= 0.6 is 0 Å². The van der Waals surface area contributed by atoms with E-state index in [-0.39, 0.29) is 5.56 Å². The fraction of sp³-hybridized carbons (Fsp3) is 0.100. The third kappa shape index (κ3) is 3.11. The highest BCUT2D eigenvalue weighted by atomic mass is 16.4. The molecule has 1 amide bonds. The van der Waals surface area contributed by atoms with E-state index in [9.17, 15) is 9.59 Å². The van der Waals surface area contributed by atoms with Crippen LogP contribution < -0.4 is 17.2 Å². The smallest absolute Gasteiger partial charge is 0.337 e. The van der Waals surface area contributed by atoms with Crippen molar-refractivity contribution in [2.24, 2.45) is 5.73 Å². The van der Waals surface area contributed by atoms with E-state index in [4.69, 9.17) is 22.3 Å². The van der Waals surface area contributed by atoms with Gasteiger partial charge in [-0.2, -0.15) is 0 Å². The molecular weight excluding hydrogens is 358 g/mol. The van der Waals surface area contributed by atoms with Crippen LogP contribution in [0.15, 0.2) is 36.5 Å². The van der Waals surface area contributed by atoms with E-state index in [1.807, 2.05) is 26.0 Å². The summed E-state index contributed by atoms with van der Waals surface area (Å²) >= 11 is 0. The number of carbonyl (C=O) groups excluding carboxylic acids is 1. The number of primary amides is 1. The SMILES string of the molecule is Cc1ccc(N)c2c(C)c(C(N)=O)[nH]c12.Nc1ccc(C(=O)O)c2[nH]ccc12. The number of carboxylic acids is 1. The van der Waals surface area contributed by atoms with Crippen LogP contribution in [0.1, 0.15) is 32.0 Å².